The Labute approximate surface area is 129 Å². The van der Waals surface area contributed by atoms with Crippen LogP contribution in [0.4, 0.5) is 0 Å². The fraction of sp³-hybridized carbons (Fsp3) is 0.714. The molecule has 1 saturated carbocycles. The highest BCUT2D eigenvalue weighted by molar-refractivity contribution is 7.09. The molecule has 112 valence electrons. The van der Waals surface area contributed by atoms with Crippen LogP contribution in [-0.4, -0.2) is 42.0 Å². The molecule has 0 unspecified atom stereocenters. The largest absolute Gasteiger partial charge is 0.354 e. The summed E-state index contributed by atoms with van der Waals surface area (Å²) in [6.45, 7) is 1.63. The van der Waals surface area contributed by atoms with Crippen molar-refractivity contribution in [1.82, 2.24) is 15.2 Å². The van der Waals surface area contributed by atoms with Crippen LogP contribution in [0.2, 0.25) is 0 Å². The summed E-state index contributed by atoms with van der Waals surface area (Å²) >= 11 is 7.19. The number of nitrogens with zero attached hydrogens (tertiary/aromatic N) is 2. The summed E-state index contributed by atoms with van der Waals surface area (Å²) in [5.41, 5.74) is 0.848. The third kappa shape index (κ3) is 4.72. The summed E-state index contributed by atoms with van der Waals surface area (Å²) in [6.07, 6.45) is 5.63. The van der Waals surface area contributed by atoms with E-state index in [-0.39, 0.29) is 5.91 Å². The maximum absolute atomic E-state index is 11.8. The summed E-state index contributed by atoms with van der Waals surface area (Å²) in [7, 11) is 2.15. The zero-order valence-electron chi connectivity index (χ0n) is 11.9. The molecule has 1 heterocycles. The van der Waals surface area contributed by atoms with Crippen LogP contribution < -0.4 is 5.32 Å². The summed E-state index contributed by atoms with van der Waals surface area (Å²) in [6, 6.07) is 0.706. The Morgan fingerprint density at radius 3 is 2.95 bits per heavy atom. The Morgan fingerprint density at radius 1 is 1.55 bits per heavy atom. The molecule has 1 aromatic rings. The summed E-state index contributed by atoms with van der Waals surface area (Å²) in [4.78, 5) is 18.5. The van der Waals surface area contributed by atoms with E-state index in [4.69, 9.17) is 11.6 Å². The Hall–Kier alpha value is -0.650. The van der Waals surface area contributed by atoms with Crippen molar-refractivity contribution < 1.29 is 4.79 Å². The van der Waals surface area contributed by atoms with Gasteiger partial charge in [-0.2, -0.15) is 0 Å². The van der Waals surface area contributed by atoms with E-state index in [1.165, 1.54) is 37.0 Å². The second-order valence-corrected chi connectivity index (χ2v) is 6.52. The van der Waals surface area contributed by atoms with E-state index < -0.39 is 0 Å². The molecule has 0 spiro atoms. The number of carbonyl (C=O) groups excluding carboxylic acids is 1. The van der Waals surface area contributed by atoms with Crippen molar-refractivity contribution in [3.8, 4) is 0 Å². The lowest BCUT2D eigenvalue weighted by molar-refractivity contribution is -0.120. The van der Waals surface area contributed by atoms with Gasteiger partial charge in [0.15, 0.2) is 0 Å². The van der Waals surface area contributed by atoms with Gasteiger partial charge in [-0.25, -0.2) is 4.98 Å². The van der Waals surface area contributed by atoms with Gasteiger partial charge in [0, 0.05) is 24.5 Å². The number of alkyl halides is 1. The van der Waals surface area contributed by atoms with Gasteiger partial charge in [-0.05, 0) is 19.9 Å². The third-order valence-electron chi connectivity index (χ3n) is 3.78. The van der Waals surface area contributed by atoms with Crippen molar-refractivity contribution in [1.29, 1.82) is 0 Å². The van der Waals surface area contributed by atoms with E-state index in [0.717, 1.165) is 17.2 Å². The molecule has 1 fully saturated rings. The van der Waals surface area contributed by atoms with Crippen LogP contribution in [0.5, 0.6) is 0 Å². The number of thiazole rings is 1. The molecule has 0 atom stereocenters. The van der Waals surface area contributed by atoms with Gasteiger partial charge in [-0.15, -0.1) is 22.9 Å². The molecule has 0 aliphatic heterocycles. The molecule has 1 aliphatic carbocycles. The Balaban J connectivity index is 1.64. The number of nitrogens with one attached hydrogen (secondary N) is 1. The summed E-state index contributed by atoms with van der Waals surface area (Å²) < 4.78 is 0. The molecule has 6 heteroatoms. The van der Waals surface area contributed by atoms with Crippen LogP contribution >= 0.6 is 22.9 Å². The molecule has 0 saturated heterocycles. The van der Waals surface area contributed by atoms with Crippen LogP contribution in [0.3, 0.4) is 0 Å². The standard InChI is InChI=1S/C14H22ClN3OS/c1-18(12-4-2-3-5-12)7-6-16-13(19)8-14-17-11(9-15)10-20-14/h10,12H,2-9H2,1H3,(H,16,19). The van der Waals surface area contributed by atoms with Gasteiger partial charge < -0.3 is 10.2 Å². The van der Waals surface area contributed by atoms with Crippen LogP contribution in [0, 0.1) is 0 Å². The van der Waals surface area contributed by atoms with Gasteiger partial charge in [-0.1, -0.05) is 12.8 Å². The van der Waals surface area contributed by atoms with Crippen molar-refractivity contribution in [2.75, 3.05) is 20.1 Å². The van der Waals surface area contributed by atoms with E-state index >= 15 is 0 Å². The van der Waals surface area contributed by atoms with Gasteiger partial charge in [0.05, 0.1) is 18.0 Å². The minimum Gasteiger partial charge on any atom is -0.354 e. The van der Waals surface area contributed by atoms with Crippen LogP contribution in [-0.2, 0) is 17.1 Å². The van der Waals surface area contributed by atoms with Crippen molar-refractivity contribution in [3.63, 3.8) is 0 Å². The zero-order valence-corrected chi connectivity index (χ0v) is 13.5. The van der Waals surface area contributed by atoms with E-state index in [1.807, 2.05) is 5.38 Å². The first-order valence-corrected chi connectivity index (χ1v) is 8.56. The molecule has 0 bridgehead atoms. The highest BCUT2D eigenvalue weighted by atomic mass is 35.5. The van der Waals surface area contributed by atoms with E-state index in [1.54, 1.807) is 0 Å². The lowest BCUT2D eigenvalue weighted by atomic mass is 10.2. The first-order chi connectivity index (χ1) is 9.69. The van der Waals surface area contributed by atoms with Gasteiger partial charge >= 0.3 is 0 Å². The molecular weight excluding hydrogens is 294 g/mol. The number of amides is 1. The zero-order chi connectivity index (χ0) is 14.4. The monoisotopic (exact) mass is 315 g/mol. The number of halogens is 1. The topological polar surface area (TPSA) is 45.2 Å². The Kier molecular flexibility index (Phi) is 6.26. The molecule has 2 rings (SSSR count). The summed E-state index contributed by atoms with van der Waals surface area (Å²) in [5, 5.41) is 5.71. The molecule has 0 aromatic carbocycles. The highest BCUT2D eigenvalue weighted by Gasteiger charge is 2.19. The number of likely N-dealkylation sites (N-methyl/N-ethyl adjacent to an activating group) is 1. The molecular formula is C14H22ClN3OS. The van der Waals surface area contributed by atoms with Gasteiger partial charge in [0.25, 0.3) is 0 Å². The van der Waals surface area contributed by atoms with E-state index in [9.17, 15) is 4.79 Å². The van der Waals surface area contributed by atoms with Gasteiger partial charge in [0.1, 0.15) is 5.01 Å². The smallest absolute Gasteiger partial charge is 0.226 e. The first kappa shape index (κ1) is 15.7. The van der Waals surface area contributed by atoms with Crippen molar-refractivity contribution in [2.45, 2.75) is 44.0 Å². The SMILES string of the molecule is CN(CCNC(=O)Cc1nc(CCl)cs1)C1CCCC1. The molecule has 1 aliphatic rings. The molecule has 1 amide bonds. The number of rotatable bonds is 7. The van der Waals surface area contributed by atoms with E-state index in [0.29, 0.717) is 24.9 Å². The van der Waals surface area contributed by atoms with Gasteiger partial charge in [0.2, 0.25) is 5.91 Å². The maximum atomic E-state index is 11.8. The minimum atomic E-state index is 0.0419. The Morgan fingerprint density at radius 2 is 2.30 bits per heavy atom. The average Bonchev–Trinajstić information content (AvgIpc) is 3.09. The molecule has 1 N–H and O–H groups in total. The van der Waals surface area contributed by atoms with Crippen LogP contribution in [0.15, 0.2) is 5.38 Å². The molecule has 1 aromatic heterocycles. The van der Waals surface area contributed by atoms with Crippen molar-refractivity contribution in [3.05, 3.63) is 16.1 Å². The predicted octanol–water partition coefficient (Wildman–Crippen LogP) is 2.42. The Bertz CT molecular complexity index is 432. The van der Waals surface area contributed by atoms with Crippen molar-refractivity contribution >= 4 is 28.8 Å². The molecule has 4 nitrogen and oxygen atoms in total. The number of hydrogen-bond acceptors (Lipinski definition) is 4. The predicted molar refractivity (Wildman–Crippen MR) is 83.3 cm³/mol. The van der Waals surface area contributed by atoms with Crippen LogP contribution in [0.1, 0.15) is 36.4 Å². The van der Waals surface area contributed by atoms with E-state index in [2.05, 4.69) is 22.2 Å². The number of hydrogen-bond donors (Lipinski definition) is 1. The van der Waals surface area contributed by atoms with Crippen molar-refractivity contribution in [2.24, 2.45) is 0 Å². The second kappa shape index (κ2) is 7.96. The van der Waals surface area contributed by atoms with Gasteiger partial charge in [-0.3, -0.25) is 4.79 Å². The summed E-state index contributed by atoms with van der Waals surface area (Å²) in [5.74, 6) is 0.449. The fourth-order valence-electron chi connectivity index (χ4n) is 2.59. The third-order valence-corrected chi connectivity index (χ3v) is 4.95. The lowest BCUT2D eigenvalue weighted by Crippen LogP contribution is -2.37. The quantitative estimate of drug-likeness (QED) is 0.786. The average molecular weight is 316 g/mol. The second-order valence-electron chi connectivity index (χ2n) is 5.31. The minimum absolute atomic E-state index is 0.0419. The van der Waals surface area contributed by atoms with Crippen LogP contribution in [0.25, 0.3) is 0 Å². The number of aromatic nitrogens is 1. The highest BCUT2D eigenvalue weighted by Crippen LogP contribution is 2.21. The molecule has 20 heavy (non-hydrogen) atoms. The lowest BCUT2D eigenvalue weighted by Gasteiger charge is -2.23. The fourth-order valence-corrected chi connectivity index (χ4v) is 3.61. The normalized spacial score (nSPS) is 15.9. The maximum Gasteiger partial charge on any atom is 0.226 e. The first-order valence-electron chi connectivity index (χ1n) is 7.15. The number of carbonyl (C=O) groups is 1. The molecule has 0 radical (unpaired) electrons.